The van der Waals surface area contributed by atoms with Gasteiger partial charge in [0.2, 0.25) is 11.8 Å². The average molecular weight is 388 g/mol. The number of rotatable bonds is 4. The van der Waals surface area contributed by atoms with E-state index in [1.54, 1.807) is 32.0 Å². The van der Waals surface area contributed by atoms with Gasteiger partial charge >= 0.3 is 0 Å². The fraction of sp³-hybridized carbons (Fsp3) is 0.182. The van der Waals surface area contributed by atoms with Crippen LogP contribution in [0.15, 0.2) is 51.7 Å². The first-order chi connectivity index (χ1) is 13.9. The number of amides is 1. The number of carbonyl (C=O) groups is 1. The molecule has 29 heavy (non-hydrogen) atoms. The predicted molar refractivity (Wildman–Crippen MR) is 111 cm³/mol. The summed E-state index contributed by atoms with van der Waals surface area (Å²) in [5.74, 6) is 0.758. The highest BCUT2D eigenvalue weighted by atomic mass is 16.3. The van der Waals surface area contributed by atoms with Crippen LogP contribution in [0.5, 0.6) is 0 Å². The van der Waals surface area contributed by atoms with Crippen LogP contribution in [0, 0.1) is 20.8 Å². The van der Waals surface area contributed by atoms with Crippen molar-refractivity contribution < 1.29 is 9.21 Å². The third kappa shape index (κ3) is 3.80. The summed E-state index contributed by atoms with van der Waals surface area (Å²) in [6.07, 6.45) is -0.0582. The number of nitrogens with zero attached hydrogens (tertiary/aromatic N) is 2. The van der Waals surface area contributed by atoms with Crippen LogP contribution < -0.4 is 10.9 Å². The lowest BCUT2D eigenvalue weighted by atomic mass is 10.1. The monoisotopic (exact) mass is 388 g/mol. The maximum absolute atomic E-state index is 12.4. The number of oxazole rings is 1. The van der Waals surface area contributed by atoms with Gasteiger partial charge in [-0.05, 0) is 44.5 Å². The number of hydrogen-bond acceptors (Lipinski definition) is 5. The Morgan fingerprint density at radius 3 is 2.66 bits per heavy atom. The van der Waals surface area contributed by atoms with Crippen LogP contribution in [-0.4, -0.2) is 20.9 Å². The highest BCUT2D eigenvalue weighted by Gasteiger charge is 2.14. The van der Waals surface area contributed by atoms with Crippen LogP contribution in [0.3, 0.4) is 0 Å². The van der Waals surface area contributed by atoms with Crippen molar-refractivity contribution in [1.82, 2.24) is 15.0 Å². The second kappa shape index (κ2) is 7.35. The summed E-state index contributed by atoms with van der Waals surface area (Å²) in [5, 5.41) is 2.80. The highest BCUT2D eigenvalue weighted by molar-refractivity contribution is 5.94. The van der Waals surface area contributed by atoms with Crippen molar-refractivity contribution in [3.8, 4) is 11.5 Å². The van der Waals surface area contributed by atoms with Gasteiger partial charge in [0, 0.05) is 28.6 Å². The number of carbonyl (C=O) groups excluding carboxylic acids is 1. The van der Waals surface area contributed by atoms with E-state index in [2.05, 4.69) is 20.3 Å². The zero-order valence-electron chi connectivity index (χ0n) is 16.4. The molecule has 0 spiro atoms. The summed E-state index contributed by atoms with van der Waals surface area (Å²) in [4.78, 5) is 35.9. The van der Waals surface area contributed by atoms with Gasteiger partial charge in [0.15, 0.2) is 5.58 Å². The number of hydrogen-bond donors (Lipinski definition) is 2. The standard InChI is InChI=1S/C22H20N4O3/c1-12-6-4-5-7-16(12)22-26-18-9-8-15(10-19(18)29-22)25-20(27)11-17-13(2)23-14(3)24-21(17)28/h4-10H,11H2,1-3H3,(H,25,27)(H,23,24,28). The Labute approximate surface area is 166 Å². The maximum atomic E-state index is 12.4. The molecule has 146 valence electrons. The van der Waals surface area contributed by atoms with Crippen LogP contribution in [0.1, 0.15) is 22.6 Å². The molecule has 2 heterocycles. The molecule has 1 amide bonds. The molecule has 4 rings (SSSR count). The number of H-pyrrole nitrogens is 1. The van der Waals surface area contributed by atoms with Crippen molar-refractivity contribution in [1.29, 1.82) is 0 Å². The molecule has 0 aliphatic carbocycles. The first-order valence-electron chi connectivity index (χ1n) is 9.23. The predicted octanol–water partition coefficient (Wildman–Crippen LogP) is 3.68. The topological polar surface area (TPSA) is 101 Å². The second-order valence-corrected chi connectivity index (χ2v) is 6.96. The lowest BCUT2D eigenvalue weighted by Gasteiger charge is -2.07. The second-order valence-electron chi connectivity index (χ2n) is 6.96. The van der Waals surface area contributed by atoms with Gasteiger partial charge in [-0.3, -0.25) is 9.59 Å². The Morgan fingerprint density at radius 1 is 1.10 bits per heavy atom. The van der Waals surface area contributed by atoms with Crippen molar-refractivity contribution in [3.63, 3.8) is 0 Å². The van der Waals surface area contributed by atoms with Crippen LogP contribution in [-0.2, 0) is 11.2 Å². The smallest absolute Gasteiger partial charge is 0.254 e. The molecule has 0 radical (unpaired) electrons. The largest absolute Gasteiger partial charge is 0.436 e. The van der Waals surface area contributed by atoms with E-state index in [9.17, 15) is 9.59 Å². The molecule has 7 nitrogen and oxygen atoms in total. The molecule has 0 saturated heterocycles. The van der Waals surface area contributed by atoms with E-state index in [-0.39, 0.29) is 17.9 Å². The Balaban J connectivity index is 1.57. The van der Waals surface area contributed by atoms with Crippen LogP contribution in [0.2, 0.25) is 0 Å². The Hall–Kier alpha value is -3.74. The van der Waals surface area contributed by atoms with E-state index in [0.717, 1.165) is 11.1 Å². The van der Waals surface area contributed by atoms with Crippen LogP contribution in [0.4, 0.5) is 5.69 Å². The van der Waals surface area contributed by atoms with E-state index in [1.807, 2.05) is 31.2 Å². The van der Waals surface area contributed by atoms with Crippen LogP contribution in [0.25, 0.3) is 22.6 Å². The molecule has 2 N–H and O–H groups in total. The van der Waals surface area contributed by atoms with E-state index in [1.165, 1.54) is 0 Å². The summed E-state index contributed by atoms with van der Waals surface area (Å²) in [7, 11) is 0. The lowest BCUT2D eigenvalue weighted by molar-refractivity contribution is -0.115. The van der Waals surface area contributed by atoms with Gasteiger partial charge < -0.3 is 14.7 Å². The van der Waals surface area contributed by atoms with Crippen molar-refractivity contribution in [3.05, 3.63) is 75.5 Å². The molecule has 7 heteroatoms. The number of aromatic nitrogens is 3. The number of anilines is 1. The molecular weight excluding hydrogens is 368 g/mol. The van der Waals surface area contributed by atoms with Gasteiger partial charge in [0.05, 0.1) is 6.42 Å². The number of benzene rings is 2. The fourth-order valence-electron chi connectivity index (χ4n) is 3.26. The molecule has 0 saturated carbocycles. The van der Waals surface area contributed by atoms with Crippen LogP contribution >= 0.6 is 0 Å². The maximum Gasteiger partial charge on any atom is 0.254 e. The molecule has 0 bridgehead atoms. The number of nitrogens with one attached hydrogen (secondary N) is 2. The average Bonchev–Trinajstić information content (AvgIpc) is 3.08. The third-order valence-electron chi connectivity index (χ3n) is 4.73. The lowest BCUT2D eigenvalue weighted by Crippen LogP contribution is -2.24. The van der Waals surface area contributed by atoms with E-state index in [0.29, 0.717) is 39.8 Å². The molecule has 2 aromatic heterocycles. The zero-order chi connectivity index (χ0) is 20.5. The Morgan fingerprint density at radius 2 is 1.90 bits per heavy atom. The minimum atomic E-state index is -0.303. The first-order valence-corrected chi connectivity index (χ1v) is 9.23. The molecule has 0 unspecified atom stereocenters. The summed E-state index contributed by atoms with van der Waals surface area (Å²) >= 11 is 0. The van der Waals surface area contributed by atoms with Crippen molar-refractivity contribution in [2.45, 2.75) is 27.2 Å². The Bertz CT molecular complexity index is 1290. The molecule has 0 atom stereocenters. The molecular formula is C22H20N4O3. The number of fused-ring (bicyclic) bond motifs is 1. The van der Waals surface area contributed by atoms with Gasteiger partial charge in [-0.2, -0.15) is 0 Å². The number of aromatic amines is 1. The molecule has 4 aromatic rings. The van der Waals surface area contributed by atoms with Crippen molar-refractivity contribution in [2.75, 3.05) is 5.32 Å². The van der Waals surface area contributed by atoms with Gasteiger partial charge in [-0.15, -0.1) is 0 Å². The minimum Gasteiger partial charge on any atom is -0.436 e. The van der Waals surface area contributed by atoms with E-state index < -0.39 is 0 Å². The zero-order valence-corrected chi connectivity index (χ0v) is 16.4. The molecule has 0 fully saturated rings. The van der Waals surface area contributed by atoms with Crippen molar-refractivity contribution >= 4 is 22.7 Å². The van der Waals surface area contributed by atoms with Crippen molar-refractivity contribution in [2.24, 2.45) is 0 Å². The van der Waals surface area contributed by atoms with Gasteiger partial charge in [-0.25, -0.2) is 9.97 Å². The highest BCUT2D eigenvalue weighted by Crippen LogP contribution is 2.28. The van der Waals surface area contributed by atoms with Gasteiger partial charge in [0.25, 0.3) is 5.56 Å². The fourth-order valence-corrected chi connectivity index (χ4v) is 3.26. The quantitative estimate of drug-likeness (QED) is 0.555. The molecule has 0 aliphatic rings. The Kier molecular flexibility index (Phi) is 4.72. The van der Waals surface area contributed by atoms with E-state index in [4.69, 9.17) is 4.42 Å². The molecule has 0 aliphatic heterocycles. The minimum absolute atomic E-state index is 0.0582. The summed E-state index contributed by atoms with van der Waals surface area (Å²) in [6.45, 7) is 5.42. The SMILES string of the molecule is Cc1nc(C)c(CC(=O)Nc2ccc3nc(-c4ccccc4C)oc3c2)c(=O)[nH]1. The summed E-state index contributed by atoms with van der Waals surface area (Å²) in [5.41, 5.74) is 4.47. The van der Waals surface area contributed by atoms with E-state index >= 15 is 0 Å². The molecule has 2 aromatic carbocycles. The van der Waals surface area contributed by atoms with Gasteiger partial charge in [-0.1, -0.05) is 18.2 Å². The normalized spacial score (nSPS) is 11.0. The first kappa shape index (κ1) is 18.6. The third-order valence-corrected chi connectivity index (χ3v) is 4.73. The number of aryl methyl sites for hydroxylation is 3. The summed E-state index contributed by atoms with van der Waals surface area (Å²) < 4.78 is 5.90. The summed E-state index contributed by atoms with van der Waals surface area (Å²) in [6, 6.07) is 13.1. The van der Waals surface area contributed by atoms with Gasteiger partial charge in [0.1, 0.15) is 11.3 Å².